The molecule has 3 aromatic rings. The Morgan fingerprint density at radius 3 is 2.35 bits per heavy atom. The number of rotatable bonds is 7. The molecule has 3 rings (SSSR count). The predicted molar refractivity (Wildman–Crippen MR) is 115 cm³/mol. The summed E-state index contributed by atoms with van der Waals surface area (Å²) >= 11 is 5.96. The largest absolute Gasteiger partial charge is 0.479 e. The predicted octanol–water partition coefficient (Wildman–Crippen LogP) is 3.11. The van der Waals surface area contributed by atoms with Crippen LogP contribution >= 0.6 is 11.6 Å². The summed E-state index contributed by atoms with van der Waals surface area (Å²) in [5, 5.41) is 3.31. The van der Waals surface area contributed by atoms with Gasteiger partial charge in [-0.3, -0.25) is 4.79 Å². The van der Waals surface area contributed by atoms with Crippen molar-refractivity contribution in [2.75, 3.05) is 0 Å². The second kappa shape index (κ2) is 9.50. The lowest BCUT2D eigenvalue weighted by Gasteiger charge is -2.17. The van der Waals surface area contributed by atoms with Crippen LogP contribution in [-0.4, -0.2) is 34.8 Å². The Bertz CT molecular complexity index is 1400. The maximum Gasteiger partial charge on any atom is 0.355 e. The standard InChI is InChI=1S/C20H18ClF3N4O5S/c1-10-4-6-13(7-5-10)34(31,32)26-18(29)11(2)33-17-9-16(15(22)8-14(17)21)28-20(30)27(19(23)24)12(3)25-28/h4-9,11,19H,1-3H3,(H,26,29). The normalized spacial score (nSPS) is 12.6. The van der Waals surface area contributed by atoms with E-state index in [9.17, 15) is 31.2 Å². The van der Waals surface area contributed by atoms with Crippen LogP contribution in [0.4, 0.5) is 13.2 Å². The zero-order valence-corrected chi connectivity index (χ0v) is 19.5. The van der Waals surface area contributed by atoms with Crippen LogP contribution in [-0.2, 0) is 14.8 Å². The summed E-state index contributed by atoms with van der Waals surface area (Å²) in [5.41, 5.74) is -1.06. The molecule has 0 bridgehead atoms. The monoisotopic (exact) mass is 518 g/mol. The molecule has 0 saturated heterocycles. The highest BCUT2D eigenvalue weighted by molar-refractivity contribution is 7.90. The van der Waals surface area contributed by atoms with Crippen LogP contribution in [0.2, 0.25) is 5.02 Å². The maximum absolute atomic E-state index is 14.5. The van der Waals surface area contributed by atoms with Gasteiger partial charge < -0.3 is 4.74 Å². The highest BCUT2D eigenvalue weighted by Crippen LogP contribution is 2.30. The number of hydrogen-bond acceptors (Lipinski definition) is 6. The van der Waals surface area contributed by atoms with Gasteiger partial charge in [0.15, 0.2) is 11.9 Å². The number of nitrogens with zero attached hydrogens (tertiary/aromatic N) is 3. The number of alkyl halides is 2. The molecule has 34 heavy (non-hydrogen) atoms. The Balaban J connectivity index is 1.87. The lowest BCUT2D eigenvalue weighted by Crippen LogP contribution is -2.40. The van der Waals surface area contributed by atoms with E-state index in [2.05, 4.69) is 5.10 Å². The number of ether oxygens (including phenoxy) is 1. The molecule has 0 aliphatic rings. The number of hydrogen-bond donors (Lipinski definition) is 1. The van der Waals surface area contributed by atoms with Gasteiger partial charge in [0.2, 0.25) is 0 Å². The first kappa shape index (κ1) is 25.3. The molecule has 0 aliphatic heterocycles. The fraction of sp³-hybridized carbons (Fsp3) is 0.250. The van der Waals surface area contributed by atoms with Gasteiger partial charge in [0.05, 0.1) is 9.92 Å². The quantitative estimate of drug-likeness (QED) is 0.514. The van der Waals surface area contributed by atoms with E-state index in [1.54, 1.807) is 19.1 Å². The molecule has 0 fully saturated rings. The first-order chi connectivity index (χ1) is 15.8. The highest BCUT2D eigenvalue weighted by atomic mass is 35.5. The van der Waals surface area contributed by atoms with Crippen molar-refractivity contribution < 1.29 is 31.1 Å². The minimum absolute atomic E-state index is 0.0561. The van der Waals surface area contributed by atoms with Crippen LogP contribution in [0.5, 0.6) is 5.75 Å². The molecule has 0 saturated carbocycles. The second-order valence-electron chi connectivity index (χ2n) is 7.17. The van der Waals surface area contributed by atoms with Gasteiger partial charge in [0.1, 0.15) is 17.3 Å². The van der Waals surface area contributed by atoms with E-state index in [4.69, 9.17) is 16.3 Å². The zero-order chi connectivity index (χ0) is 25.4. The van der Waals surface area contributed by atoms with E-state index in [1.807, 2.05) is 4.72 Å². The van der Waals surface area contributed by atoms with Crippen LogP contribution in [0.25, 0.3) is 5.69 Å². The van der Waals surface area contributed by atoms with Crippen molar-refractivity contribution in [3.05, 3.63) is 69.1 Å². The van der Waals surface area contributed by atoms with E-state index in [0.717, 1.165) is 24.6 Å². The van der Waals surface area contributed by atoms with Crippen molar-refractivity contribution in [2.45, 2.75) is 38.3 Å². The number of halogens is 4. The molecule has 1 amide bonds. The van der Waals surface area contributed by atoms with Crippen molar-refractivity contribution in [3.63, 3.8) is 0 Å². The number of aromatic nitrogens is 3. The molecule has 1 N–H and O–H groups in total. The third-order valence-electron chi connectivity index (χ3n) is 4.64. The molecule has 1 atom stereocenters. The first-order valence-corrected chi connectivity index (χ1v) is 11.4. The summed E-state index contributed by atoms with van der Waals surface area (Å²) in [6.45, 7) is 0.905. The van der Waals surface area contributed by atoms with Gasteiger partial charge in [0.25, 0.3) is 15.9 Å². The van der Waals surface area contributed by atoms with Gasteiger partial charge in [-0.2, -0.15) is 13.5 Å². The van der Waals surface area contributed by atoms with Crippen molar-refractivity contribution in [2.24, 2.45) is 0 Å². The van der Waals surface area contributed by atoms with Gasteiger partial charge in [-0.15, -0.1) is 5.10 Å². The zero-order valence-electron chi connectivity index (χ0n) is 17.9. The summed E-state index contributed by atoms with van der Waals surface area (Å²) in [6.07, 6.45) is -1.44. The molecule has 0 radical (unpaired) electrons. The summed E-state index contributed by atoms with van der Waals surface area (Å²) < 4.78 is 73.1. The number of nitrogens with one attached hydrogen (secondary N) is 1. The molecular weight excluding hydrogens is 501 g/mol. The van der Waals surface area contributed by atoms with E-state index in [-0.39, 0.29) is 26.1 Å². The molecule has 1 unspecified atom stereocenters. The van der Waals surface area contributed by atoms with Gasteiger partial charge >= 0.3 is 12.2 Å². The number of carbonyl (C=O) groups is 1. The molecule has 14 heteroatoms. The number of benzene rings is 2. The third-order valence-corrected chi connectivity index (χ3v) is 6.30. The molecule has 1 heterocycles. The van der Waals surface area contributed by atoms with Crippen molar-refractivity contribution in [3.8, 4) is 11.4 Å². The fourth-order valence-corrected chi connectivity index (χ4v) is 4.10. The first-order valence-electron chi connectivity index (χ1n) is 9.57. The number of aryl methyl sites for hydroxylation is 2. The molecule has 9 nitrogen and oxygen atoms in total. The number of sulfonamides is 1. The molecular formula is C20H18ClF3N4O5S. The van der Waals surface area contributed by atoms with Gasteiger partial charge in [0, 0.05) is 6.07 Å². The number of carbonyl (C=O) groups excluding carboxylic acids is 1. The average Bonchev–Trinajstić information content (AvgIpc) is 3.03. The molecule has 182 valence electrons. The average molecular weight is 519 g/mol. The van der Waals surface area contributed by atoms with Crippen LogP contribution in [0.3, 0.4) is 0 Å². The number of amides is 1. The van der Waals surface area contributed by atoms with Crippen molar-refractivity contribution in [1.82, 2.24) is 19.1 Å². The minimum atomic E-state index is -4.20. The Hall–Kier alpha value is -3.32. The lowest BCUT2D eigenvalue weighted by atomic mass is 10.2. The summed E-state index contributed by atoms with van der Waals surface area (Å²) in [5.74, 6) is -2.81. The molecule has 0 aliphatic carbocycles. The molecule has 2 aromatic carbocycles. The Morgan fingerprint density at radius 1 is 1.18 bits per heavy atom. The van der Waals surface area contributed by atoms with Crippen LogP contribution in [0, 0.1) is 19.7 Å². The fourth-order valence-electron chi connectivity index (χ4n) is 2.86. The van der Waals surface area contributed by atoms with E-state index >= 15 is 0 Å². The Labute approximate surface area is 196 Å². The molecule has 1 aromatic heterocycles. The lowest BCUT2D eigenvalue weighted by molar-refractivity contribution is -0.125. The minimum Gasteiger partial charge on any atom is -0.479 e. The van der Waals surface area contributed by atoms with E-state index in [0.29, 0.717) is 4.68 Å². The van der Waals surface area contributed by atoms with Crippen molar-refractivity contribution >= 4 is 27.5 Å². The van der Waals surface area contributed by atoms with Gasteiger partial charge in [-0.1, -0.05) is 29.3 Å². The maximum atomic E-state index is 14.5. The van der Waals surface area contributed by atoms with E-state index < -0.39 is 45.8 Å². The smallest absolute Gasteiger partial charge is 0.355 e. The van der Waals surface area contributed by atoms with Crippen LogP contribution in [0.1, 0.15) is 24.9 Å². The third kappa shape index (κ3) is 5.09. The second-order valence-corrected chi connectivity index (χ2v) is 9.26. The molecule has 0 spiro atoms. The summed E-state index contributed by atoms with van der Waals surface area (Å²) in [7, 11) is -4.20. The topological polar surface area (TPSA) is 112 Å². The van der Waals surface area contributed by atoms with Crippen LogP contribution < -0.4 is 15.1 Å². The summed E-state index contributed by atoms with van der Waals surface area (Å²) in [4.78, 5) is 24.5. The van der Waals surface area contributed by atoms with Gasteiger partial charge in [-0.05, 0) is 39.0 Å². The SMILES string of the molecule is Cc1ccc(S(=O)(=O)NC(=O)C(C)Oc2cc(-n3nc(C)n(C(F)F)c3=O)c(F)cc2Cl)cc1. The van der Waals surface area contributed by atoms with E-state index in [1.165, 1.54) is 19.1 Å². The Morgan fingerprint density at radius 2 is 1.79 bits per heavy atom. The van der Waals surface area contributed by atoms with Gasteiger partial charge in [-0.25, -0.2) is 26.9 Å². The summed E-state index contributed by atoms with van der Waals surface area (Å²) in [6, 6.07) is 7.37. The van der Waals surface area contributed by atoms with Crippen molar-refractivity contribution in [1.29, 1.82) is 0 Å². The van der Waals surface area contributed by atoms with Crippen LogP contribution in [0.15, 0.2) is 46.1 Å². The highest BCUT2D eigenvalue weighted by Gasteiger charge is 2.25. The Kier molecular flexibility index (Phi) is 7.07.